The third-order valence-electron chi connectivity index (χ3n) is 20.4. The first-order valence-electron chi connectivity index (χ1n) is 41.4. The van der Waals surface area contributed by atoms with Crippen LogP contribution in [0.4, 0.5) is 0 Å². The number of rotatable bonds is 75. The lowest BCUT2D eigenvalue weighted by molar-refractivity contribution is -0.302. The topological polar surface area (TPSA) is 149 Å². The molecule has 0 aromatic heterocycles. The number of allylic oxidation sites excluding steroid dienone is 1. The Morgan fingerprint density at radius 1 is 0.363 bits per heavy atom. The minimum atomic E-state index is -1.57. The van der Waals surface area contributed by atoms with Crippen molar-refractivity contribution in [2.75, 3.05) is 13.2 Å². The molecule has 1 saturated heterocycles. The van der Waals surface area contributed by atoms with E-state index in [0.717, 1.165) is 38.5 Å². The van der Waals surface area contributed by atoms with Crippen molar-refractivity contribution in [3.63, 3.8) is 0 Å². The largest absolute Gasteiger partial charge is 0.394 e. The predicted octanol–water partition coefficient (Wildman–Crippen LogP) is 23.8. The second kappa shape index (κ2) is 71.7. The summed E-state index contributed by atoms with van der Waals surface area (Å²) in [5.74, 6) is -0.165. The third-order valence-corrected chi connectivity index (χ3v) is 20.4. The average Bonchev–Trinajstić information content (AvgIpc) is 1.18. The van der Waals surface area contributed by atoms with Gasteiger partial charge >= 0.3 is 0 Å². The molecule has 0 saturated carbocycles. The van der Waals surface area contributed by atoms with E-state index in [9.17, 15) is 30.3 Å². The van der Waals surface area contributed by atoms with Gasteiger partial charge < -0.3 is 40.3 Å². The second-order valence-electron chi connectivity index (χ2n) is 29.3. The fourth-order valence-corrected chi connectivity index (χ4v) is 13.9. The molecule has 1 rings (SSSR count). The van der Waals surface area contributed by atoms with E-state index in [1.807, 2.05) is 6.08 Å². The summed E-state index contributed by atoms with van der Waals surface area (Å²) in [4.78, 5) is 13.2. The molecule has 1 amide bonds. The molecule has 7 unspecified atom stereocenters. The van der Waals surface area contributed by atoms with Crippen molar-refractivity contribution in [1.82, 2.24) is 5.32 Å². The van der Waals surface area contributed by atoms with Gasteiger partial charge in [-0.3, -0.25) is 4.79 Å². The summed E-state index contributed by atoms with van der Waals surface area (Å²) in [7, 11) is 0. The minimum Gasteiger partial charge on any atom is -0.394 e. The Balaban J connectivity index is 2.02. The number of hydrogen-bond donors (Lipinski definition) is 6. The zero-order valence-electron chi connectivity index (χ0n) is 61.2. The zero-order chi connectivity index (χ0) is 65.7. The SMILES string of the molecule is CCCCCCCCCCCCCCCCCCCCCCCCCCCC/C=C/C(O)C(COC1OC(CO)C(O)C(O)C1O)NC(=O)CCCCCCCCCCCCCCCCCCCCCCCCCCCCCCCCCCCCCCCCCC. The maximum atomic E-state index is 13.2. The Morgan fingerprint density at radius 2 is 0.604 bits per heavy atom. The Hall–Kier alpha value is -1.07. The van der Waals surface area contributed by atoms with Gasteiger partial charge in [-0.25, -0.2) is 0 Å². The van der Waals surface area contributed by atoms with Gasteiger partial charge in [0.1, 0.15) is 24.4 Å². The van der Waals surface area contributed by atoms with E-state index in [0.29, 0.717) is 6.42 Å². The molecule has 9 nitrogen and oxygen atoms in total. The molecule has 0 aromatic rings. The molecule has 9 heteroatoms. The van der Waals surface area contributed by atoms with Gasteiger partial charge in [0, 0.05) is 6.42 Å². The van der Waals surface area contributed by atoms with Gasteiger partial charge in [-0.2, -0.15) is 0 Å². The molecule has 1 aliphatic rings. The van der Waals surface area contributed by atoms with E-state index in [1.165, 1.54) is 392 Å². The summed E-state index contributed by atoms with van der Waals surface area (Å²) in [5, 5.41) is 54.9. The van der Waals surface area contributed by atoms with Crippen LogP contribution in [0.25, 0.3) is 0 Å². The molecule has 1 heterocycles. The fourth-order valence-electron chi connectivity index (χ4n) is 13.9. The lowest BCUT2D eigenvalue weighted by Gasteiger charge is -2.40. The molecular formula is C82H161NO8. The molecule has 1 fully saturated rings. The molecule has 0 spiro atoms. The lowest BCUT2D eigenvalue weighted by atomic mass is 9.99. The van der Waals surface area contributed by atoms with Crippen LogP contribution in [-0.4, -0.2) is 87.5 Å². The van der Waals surface area contributed by atoms with Crippen LogP contribution in [0.2, 0.25) is 0 Å². The normalized spacial score (nSPS) is 17.6. The molecule has 0 radical (unpaired) electrons. The van der Waals surface area contributed by atoms with E-state index in [-0.39, 0.29) is 12.5 Å². The van der Waals surface area contributed by atoms with Crippen LogP contribution in [0.3, 0.4) is 0 Å². The van der Waals surface area contributed by atoms with Crippen LogP contribution in [0.15, 0.2) is 12.2 Å². The second-order valence-corrected chi connectivity index (χ2v) is 29.3. The summed E-state index contributed by atoms with van der Waals surface area (Å²) in [6, 6.07) is -0.803. The number of aliphatic hydroxyl groups excluding tert-OH is 5. The van der Waals surface area contributed by atoms with E-state index < -0.39 is 49.5 Å². The summed E-state index contributed by atoms with van der Waals surface area (Å²) in [6.45, 7) is 3.86. The highest BCUT2D eigenvalue weighted by Crippen LogP contribution is 2.24. The van der Waals surface area contributed by atoms with Gasteiger partial charge in [-0.05, 0) is 19.3 Å². The van der Waals surface area contributed by atoms with E-state index in [2.05, 4.69) is 19.2 Å². The monoisotopic (exact) mass is 1290 g/mol. The third kappa shape index (κ3) is 59.9. The summed E-state index contributed by atoms with van der Waals surface area (Å²) in [6.07, 6.45) is 88.1. The van der Waals surface area contributed by atoms with Gasteiger partial charge in [0.2, 0.25) is 5.91 Å². The number of nitrogens with one attached hydrogen (secondary N) is 1. The van der Waals surface area contributed by atoms with Crippen LogP contribution >= 0.6 is 0 Å². The molecule has 1 aliphatic heterocycles. The summed E-state index contributed by atoms with van der Waals surface area (Å²) >= 11 is 0. The molecule has 6 N–H and O–H groups in total. The molecule has 0 bridgehead atoms. The van der Waals surface area contributed by atoms with Crippen LogP contribution < -0.4 is 5.32 Å². The molecule has 0 aliphatic carbocycles. The van der Waals surface area contributed by atoms with Gasteiger partial charge in [0.15, 0.2) is 6.29 Å². The number of ether oxygens (including phenoxy) is 2. The molecule has 91 heavy (non-hydrogen) atoms. The highest BCUT2D eigenvalue weighted by atomic mass is 16.7. The Morgan fingerprint density at radius 3 is 0.857 bits per heavy atom. The number of amides is 1. The molecule has 0 aromatic carbocycles. The van der Waals surface area contributed by atoms with Crippen molar-refractivity contribution < 1.29 is 39.8 Å². The maximum absolute atomic E-state index is 13.2. The van der Waals surface area contributed by atoms with E-state index in [4.69, 9.17) is 9.47 Å². The highest BCUT2D eigenvalue weighted by molar-refractivity contribution is 5.76. The van der Waals surface area contributed by atoms with Crippen molar-refractivity contribution in [1.29, 1.82) is 0 Å². The fraction of sp³-hybridized carbons (Fsp3) is 0.963. The van der Waals surface area contributed by atoms with Crippen molar-refractivity contribution in [2.45, 2.75) is 493 Å². The summed E-state index contributed by atoms with van der Waals surface area (Å²) in [5.41, 5.74) is 0. The Kier molecular flexibility index (Phi) is 69.3. The number of hydrogen-bond acceptors (Lipinski definition) is 8. The van der Waals surface area contributed by atoms with Crippen molar-refractivity contribution in [3.05, 3.63) is 12.2 Å². The highest BCUT2D eigenvalue weighted by Gasteiger charge is 2.44. The smallest absolute Gasteiger partial charge is 0.220 e. The predicted molar refractivity (Wildman–Crippen MR) is 392 cm³/mol. The minimum absolute atomic E-state index is 0.165. The molecular weight excluding hydrogens is 1130 g/mol. The Labute approximate surface area is 567 Å². The van der Waals surface area contributed by atoms with Crippen LogP contribution in [0, 0.1) is 0 Å². The van der Waals surface area contributed by atoms with Crippen molar-refractivity contribution in [2.24, 2.45) is 0 Å². The van der Waals surface area contributed by atoms with Gasteiger partial charge in [-0.15, -0.1) is 0 Å². The Bertz CT molecular complexity index is 1450. The average molecular weight is 1290 g/mol. The van der Waals surface area contributed by atoms with Crippen molar-refractivity contribution in [3.8, 4) is 0 Å². The first-order valence-corrected chi connectivity index (χ1v) is 41.4. The molecule has 7 atom stereocenters. The first kappa shape index (κ1) is 87.9. The number of unbranched alkanes of at least 4 members (excludes halogenated alkanes) is 65. The zero-order valence-corrected chi connectivity index (χ0v) is 61.2. The maximum Gasteiger partial charge on any atom is 0.220 e. The number of carbonyl (C=O) groups excluding carboxylic acids is 1. The quantitative estimate of drug-likeness (QED) is 0.0261. The standard InChI is InChI=1S/C82H161NO8/c1-3-5-7-9-11-13-15-17-19-21-23-25-27-29-31-33-34-35-36-37-38-39-40-41-42-43-44-46-48-50-52-54-56-58-60-62-64-66-68-70-72-78(86)83-75(74-90-82-81(89)80(88)79(87)77(73-84)91-82)76(85)71-69-67-65-63-61-59-57-55-53-51-49-47-45-32-30-28-26-24-22-20-18-16-14-12-10-8-6-4-2/h69,71,75-77,79-82,84-85,87-89H,3-68,70,72-74H2,1-2H3,(H,83,86)/b71-69+. The number of aliphatic hydroxyl groups is 5. The van der Waals surface area contributed by atoms with Gasteiger partial charge in [-0.1, -0.05) is 437 Å². The first-order chi connectivity index (χ1) is 44.8. The van der Waals surface area contributed by atoms with Crippen LogP contribution in [0.1, 0.15) is 450 Å². The van der Waals surface area contributed by atoms with Crippen LogP contribution in [0.5, 0.6) is 0 Å². The molecule has 542 valence electrons. The van der Waals surface area contributed by atoms with Gasteiger partial charge in [0.05, 0.1) is 25.4 Å². The van der Waals surface area contributed by atoms with Crippen molar-refractivity contribution >= 4 is 5.91 Å². The summed E-state index contributed by atoms with van der Waals surface area (Å²) < 4.78 is 11.4. The lowest BCUT2D eigenvalue weighted by Crippen LogP contribution is -2.60. The number of carbonyl (C=O) groups is 1. The van der Waals surface area contributed by atoms with Crippen LogP contribution in [-0.2, 0) is 14.3 Å². The van der Waals surface area contributed by atoms with Gasteiger partial charge in [0.25, 0.3) is 0 Å². The van der Waals surface area contributed by atoms with E-state index in [1.54, 1.807) is 6.08 Å². The van der Waals surface area contributed by atoms with E-state index >= 15 is 0 Å².